The van der Waals surface area contributed by atoms with Crippen LogP contribution in [0, 0.1) is 0 Å². The lowest BCUT2D eigenvalue weighted by Crippen LogP contribution is -2.22. The minimum Gasteiger partial charge on any atom is -0.268 e. The molecule has 0 spiro atoms. The van der Waals surface area contributed by atoms with Crippen LogP contribution >= 0.6 is 11.3 Å². The second-order valence-corrected chi connectivity index (χ2v) is 4.84. The second kappa shape index (κ2) is 4.23. The molecule has 0 atom stereocenters. The number of rotatable bonds is 1. The van der Waals surface area contributed by atoms with Gasteiger partial charge in [-0.3, -0.25) is 9.59 Å². The molecule has 18 heavy (non-hydrogen) atoms. The van der Waals surface area contributed by atoms with Crippen LogP contribution in [0.2, 0.25) is 0 Å². The van der Waals surface area contributed by atoms with Crippen LogP contribution in [0.5, 0.6) is 0 Å². The molecule has 0 saturated heterocycles. The number of para-hydroxylation sites is 1. The highest BCUT2D eigenvalue weighted by atomic mass is 32.1. The largest absolute Gasteiger partial charge is 0.315 e. The molecule has 3 aromatic rings. The molecule has 3 rings (SSSR count). The van der Waals surface area contributed by atoms with Crippen molar-refractivity contribution in [3.05, 3.63) is 69.8 Å². The molecule has 1 heterocycles. The molecule has 2 aromatic carbocycles. The quantitative estimate of drug-likeness (QED) is 0.670. The first kappa shape index (κ1) is 10.9. The van der Waals surface area contributed by atoms with E-state index in [1.165, 1.54) is 4.57 Å². The van der Waals surface area contributed by atoms with Crippen LogP contribution in [0.25, 0.3) is 10.2 Å². The van der Waals surface area contributed by atoms with Gasteiger partial charge < -0.3 is 0 Å². The lowest BCUT2D eigenvalue weighted by Gasteiger charge is -2.01. The summed E-state index contributed by atoms with van der Waals surface area (Å²) in [5, 5.41) is 0. The van der Waals surface area contributed by atoms with Crippen molar-refractivity contribution in [3.63, 3.8) is 0 Å². The van der Waals surface area contributed by atoms with Crippen LogP contribution in [0.3, 0.4) is 0 Å². The Balaban J connectivity index is 2.24. The molecule has 0 aliphatic rings. The summed E-state index contributed by atoms with van der Waals surface area (Å²) in [5.74, 6) is -0.280. The van der Waals surface area contributed by atoms with Crippen LogP contribution in [-0.2, 0) is 0 Å². The van der Waals surface area contributed by atoms with Crippen LogP contribution in [0.15, 0.2) is 59.4 Å². The summed E-state index contributed by atoms with van der Waals surface area (Å²) in [7, 11) is 0. The van der Waals surface area contributed by atoms with Crippen molar-refractivity contribution in [1.82, 2.24) is 4.57 Å². The number of hydrogen-bond donors (Lipinski definition) is 0. The molecule has 0 radical (unpaired) electrons. The monoisotopic (exact) mass is 255 g/mol. The van der Waals surface area contributed by atoms with E-state index in [9.17, 15) is 9.59 Å². The molecular weight excluding hydrogens is 246 g/mol. The molecule has 0 bridgehead atoms. The Labute approximate surface area is 107 Å². The molecule has 0 amide bonds. The Morgan fingerprint density at radius 2 is 1.61 bits per heavy atom. The zero-order valence-corrected chi connectivity index (χ0v) is 10.2. The number of nitrogens with zero attached hydrogens (tertiary/aromatic N) is 1. The number of carbonyl (C=O) groups excluding carboxylic acids is 1. The van der Waals surface area contributed by atoms with Gasteiger partial charge in [-0.1, -0.05) is 41.7 Å². The highest BCUT2D eigenvalue weighted by Gasteiger charge is 2.15. The number of hydrogen-bond acceptors (Lipinski definition) is 3. The molecule has 0 aliphatic heterocycles. The molecule has 4 heteroatoms. The predicted molar refractivity (Wildman–Crippen MR) is 72.3 cm³/mol. The summed E-state index contributed by atoms with van der Waals surface area (Å²) in [5.41, 5.74) is 1.18. The molecule has 0 fully saturated rings. The van der Waals surface area contributed by atoms with Crippen LogP contribution < -0.4 is 4.87 Å². The highest BCUT2D eigenvalue weighted by molar-refractivity contribution is 7.16. The van der Waals surface area contributed by atoms with E-state index in [0.717, 1.165) is 16.0 Å². The molecule has 3 nitrogen and oxygen atoms in total. The van der Waals surface area contributed by atoms with Gasteiger partial charge >= 0.3 is 4.87 Å². The van der Waals surface area contributed by atoms with Crippen molar-refractivity contribution in [2.45, 2.75) is 0 Å². The fourth-order valence-electron chi connectivity index (χ4n) is 1.87. The Morgan fingerprint density at radius 1 is 0.944 bits per heavy atom. The SMILES string of the molecule is O=C(c1ccccc1)n1c(=O)sc2ccccc21. The molecule has 0 N–H and O–H groups in total. The average Bonchev–Trinajstić information content (AvgIpc) is 2.75. The van der Waals surface area contributed by atoms with Crippen molar-refractivity contribution < 1.29 is 4.79 Å². The summed E-state index contributed by atoms with van der Waals surface area (Å²) in [6.07, 6.45) is 0. The summed E-state index contributed by atoms with van der Waals surface area (Å²) < 4.78 is 2.06. The Bertz CT molecular complexity index is 771. The van der Waals surface area contributed by atoms with E-state index in [1.54, 1.807) is 30.3 Å². The third-order valence-corrected chi connectivity index (χ3v) is 3.63. The van der Waals surface area contributed by atoms with Crippen molar-refractivity contribution in [2.24, 2.45) is 0 Å². The van der Waals surface area contributed by atoms with E-state index in [1.807, 2.05) is 24.3 Å². The minimum atomic E-state index is -0.280. The fraction of sp³-hybridized carbons (Fsp3) is 0. The number of benzene rings is 2. The van der Waals surface area contributed by atoms with Crippen LogP contribution in [0.1, 0.15) is 10.4 Å². The molecular formula is C14H9NO2S. The van der Waals surface area contributed by atoms with Gasteiger partial charge in [0.15, 0.2) is 0 Å². The first-order valence-corrected chi connectivity index (χ1v) is 6.29. The summed E-state index contributed by atoms with van der Waals surface area (Å²) in [6, 6.07) is 16.1. The van der Waals surface area contributed by atoms with Crippen molar-refractivity contribution in [1.29, 1.82) is 0 Å². The zero-order chi connectivity index (χ0) is 12.5. The number of fused-ring (bicyclic) bond motifs is 1. The molecule has 0 aliphatic carbocycles. The van der Waals surface area contributed by atoms with E-state index in [4.69, 9.17) is 0 Å². The van der Waals surface area contributed by atoms with E-state index in [0.29, 0.717) is 11.1 Å². The van der Waals surface area contributed by atoms with Gasteiger partial charge in [0.2, 0.25) is 0 Å². The number of carbonyl (C=O) groups is 1. The molecule has 0 unspecified atom stereocenters. The van der Waals surface area contributed by atoms with Gasteiger partial charge in [-0.15, -0.1) is 0 Å². The van der Waals surface area contributed by atoms with Gasteiger partial charge in [-0.2, -0.15) is 0 Å². The minimum absolute atomic E-state index is 0.245. The van der Waals surface area contributed by atoms with E-state index in [2.05, 4.69) is 0 Å². The van der Waals surface area contributed by atoms with Crippen LogP contribution in [0.4, 0.5) is 0 Å². The predicted octanol–water partition coefficient (Wildman–Crippen LogP) is 2.75. The Morgan fingerprint density at radius 3 is 2.39 bits per heavy atom. The van der Waals surface area contributed by atoms with Crippen molar-refractivity contribution in [2.75, 3.05) is 0 Å². The number of thiazole rings is 1. The van der Waals surface area contributed by atoms with E-state index >= 15 is 0 Å². The summed E-state index contributed by atoms with van der Waals surface area (Å²) in [6.45, 7) is 0. The van der Waals surface area contributed by atoms with Gasteiger partial charge in [0.1, 0.15) is 0 Å². The first-order chi connectivity index (χ1) is 8.77. The third-order valence-electron chi connectivity index (χ3n) is 2.71. The normalized spacial score (nSPS) is 10.7. The molecule has 1 aromatic heterocycles. The highest BCUT2D eigenvalue weighted by Crippen LogP contribution is 2.17. The summed E-state index contributed by atoms with van der Waals surface area (Å²) in [4.78, 5) is 24.0. The van der Waals surface area contributed by atoms with E-state index in [-0.39, 0.29) is 10.8 Å². The van der Waals surface area contributed by atoms with Crippen molar-refractivity contribution >= 4 is 27.5 Å². The van der Waals surface area contributed by atoms with Gasteiger partial charge in [0.25, 0.3) is 5.91 Å². The number of aromatic nitrogens is 1. The molecule has 88 valence electrons. The topological polar surface area (TPSA) is 39.1 Å². The lowest BCUT2D eigenvalue weighted by atomic mass is 10.2. The van der Waals surface area contributed by atoms with Gasteiger partial charge in [0, 0.05) is 5.56 Å². The zero-order valence-electron chi connectivity index (χ0n) is 9.37. The van der Waals surface area contributed by atoms with Crippen molar-refractivity contribution in [3.8, 4) is 0 Å². The smallest absolute Gasteiger partial charge is 0.268 e. The van der Waals surface area contributed by atoms with Gasteiger partial charge in [-0.25, -0.2) is 4.57 Å². The van der Waals surface area contributed by atoms with Gasteiger partial charge in [-0.05, 0) is 24.3 Å². The van der Waals surface area contributed by atoms with E-state index < -0.39 is 0 Å². The Hall–Kier alpha value is -2.20. The molecule has 0 saturated carbocycles. The van der Waals surface area contributed by atoms with Gasteiger partial charge in [0.05, 0.1) is 10.2 Å². The third kappa shape index (κ3) is 1.67. The lowest BCUT2D eigenvalue weighted by molar-refractivity contribution is 0.0962. The summed E-state index contributed by atoms with van der Waals surface area (Å²) >= 11 is 1.09. The average molecular weight is 255 g/mol. The first-order valence-electron chi connectivity index (χ1n) is 5.48. The maximum absolute atomic E-state index is 12.3. The maximum atomic E-state index is 12.3. The van der Waals surface area contributed by atoms with Crippen LogP contribution in [-0.4, -0.2) is 10.5 Å². The fourth-order valence-corrected chi connectivity index (χ4v) is 2.74. The second-order valence-electron chi connectivity index (χ2n) is 3.84. The standard InChI is InChI=1S/C14H9NO2S/c16-13(10-6-2-1-3-7-10)15-11-8-4-5-9-12(11)18-14(15)17/h1-9H. The maximum Gasteiger partial charge on any atom is 0.315 e. The Kier molecular flexibility index (Phi) is 2.57.